The molecule has 0 atom stereocenters. The van der Waals surface area contributed by atoms with E-state index in [4.69, 9.17) is 0 Å². The van der Waals surface area contributed by atoms with Crippen molar-refractivity contribution in [2.24, 2.45) is 0 Å². The molecule has 0 aliphatic rings. The molecule has 1 heteroatoms. The molecular weight excluding hydrogens is 368 g/mol. The van der Waals surface area contributed by atoms with Gasteiger partial charge in [0.05, 0.1) is 0 Å². The molecule has 1 aromatic heterocycles. The molecule has 0 saturated heterocycles. The highest BCUT2D eigenvalue weighted by Gasteiger charge is 2.13. The molecule has 0 bridgehead atoms. The highest BCUT2D eigenvalue weighted by atomic mass is 32.1. The van der Waals surface area contributed by atoms with Gasteiger partial charge in [0, 0.05) is 9.58 Å². The molecule has 0 aliphatic heterocycles. The largest absolute Gasteiger partial charge is 0.135 e. The fourth-order valence-corrected chi connectivity index (χ4v) is 5.36. The van der Waals surface area contributed by atoms with E-state index in [1.807, 2.05) is 11.3 Å². The summed E-state index contributed by atoms with van der Waals surface area (Å²) in [6.07, 6.45) is 0. The summed E-state index contributed by atoms with van der Waals surface area (Å²) in [7, 11) is 0. The topological polar surface area (TPSA) is 0 Å². The van der Waals surface area contributed by atoms with Crippen molar-refractivity contribution in [2.75, 3.05) is 0 Å². The van der Waals surface area contributed by atoms with Crippen molar-refractivity contribution in [1.82, 2.24) is 0 Å². The molecule has 0 spiro atoms. The molecule has 0 nitrogen and oxygen atoms in total. The van der Waals surface area contributed by atoms with Crippen LogP contribution in [0.25, 0.3) is 42.8 Å². The Balaban J connectivity index is 1.59. The van der Waals surface area contributed by atoms with Crippen molar-refractivity contribution in [3.8, 4) is 32.7 Å². The molecule has 5 rings (SSSR count). The minimum atomic E-state index is 1.27. The van der Waals surface area contributed by atoms with Gasteiger partial charge in [-0.15, -0.1) is 11.3 Å². The van der Waals surface area contributed by atoms with Crippen molar-refractivity contribution < 1.29 is 0 Å². The van der Waals surface area contributed by atoms with Crippen LogP contribution in [0.1, 0.15) is 11.1 Å². The summed E-state index contributed by atoms with van der Waals surface area (Å²) in [6.45, 7) is 4.47. The Morgan fingerprint density at radius 1 is 0.552 bits per heavy atom. The van der Waals surface area contributed by atoms with Gasteiger partial charge < -0.3 is 0 Å². The van der Waals surface area contributed by atoms with Gasteiger partial charge in [0.25, 0.3) is 0 Å². The SMILES string of the molecule is Cc1cc(-c2ccccc2)ccc1-c1sc2cc(-c3ccccc3)ccc2c1C. The molecule has 29 heavy (non-hydrogen) atoms. The lowest BCUT2D eigenvalue weighted by Gasteiger charge is -2.09. The van der Waals surface area contributed by atoms with E-state index in [0.717, 1.165) is 0 Å². The highest BCUT2D eigenvalue weighted by Crippen LogP contribution is 2.41. The number of thiophene rings is 1. The highest BCUT2D eigenvalue weighted by molar-refractivity contribution is 7.22. The molecule has 0 unspecified atom stereocenters. The van der Waals surface area contributed by atoms with E-state index in [-0.39, 0.29) is 0 Å². The van der Waals surface area contributed by atoms with Gasteiger partial charge in [0.15, 0.2) is 0 Å². The Bertz CT molecular complexity index is 1290. The standard InChI is InChI=1S/C28H22S/c1-19-17-23(21-9-5-3-6-10-21)13-15-25(19)28-20(2)26-16-14-24(18-27(26)29-28)22-11-7-4-8-12-22/h3-18H,1-2H3. The first kappa shape index (κ1) is 17.9. The maximum Gasteiger partial charge on any atom is 0.0387 e. The second-order valence-electron chi connectivity index (χ2n) is 7.53. The van der Waals surface area contributed by atoms with E-state index in [2.05, 4.69) is 111 Å². The average Bonchev–Trinajstić information content (AvgIpc) is 3.10. The molecule has 4 aromatic carbocycles. The Morgan fingerprint density at radius 3 is 1.76 bits per heavy atom. The van der Waals surface area contributed by atoms with Crippen molar-refractivity contribution in [1.29, 1.82) is 0 Å². The molecule has 0 saturated carbocycles. The predicted molar refractivity (Wildman–Crippen MR) is 128 cm³/mol. The van der Waals surface area contributed by atoms with Gasteiger partial charge in [-0.1, -0.05) is 91.0 Å². The van der Waals surface area contributed by atoms with E-state index in [9.17, 15) is 0 Å². The lowest BCUT2D eigenvalue weighted by Crippen LogP contribution is -1.85. The Kier molecular flexibility index (Phi) is 4.54. The molecule has 0 N–H and O–H groups in total. The van der Waals surface area contributed by atoms with Crippen LogP contribution < -0.4 is 0 Å². The minimum Gasteiger partial charge on any atom is -0.135 e. The maximum atomic E-state index is 2.33. The normalized spacial score (nSPS) is 11.1. The Labute approximate surface area is 176 Å². The van der Waals surface area contributed by atoms with Crippen LogP contribution in [0.4, 0.5) is 0 Å². The van der Waals surface area contributed by atoms with Crippen LogP contribution in [0.15, 0.2) is 97.1 Å². The fraction of sp³-hybridized carbons (Fsp3) is 0.0714. The number of hydrogen-bond acceptors (Lipinski definition) is 1. The number of hydrogen-bond donors (Lipinski definition) is 0. The zero-order valence-corrected chi connectivity index (χ0v) is 17.5. The van der Waals surface area contributed by atoms with Crippen LogP contribution in [-0.2, 0) is 0 Å². The zero-order valence-electron chi connectivity index (χ0n) is 16.6. The van der Waals surface area contributed by atoms with Crippen LogP contribution >= 0.6 is 11.3 Å². The van der Waals surface area contributed by atoms with Gasteiger partial charge in [-0.25, -0.2) is 0 Å². The van der Waals surface area contributed by atoms with Crippen LogP contribution in [0.2, 0.25) is 0 Å². The van der Waals surface area contributed by atoms with Crippen LogP contribution in [0, 0.1) is 13.8 Å². The molecule has 1 heterocycles. The van der Waals surface area contributed by atoms with Crippen molar-refractivity contribution >= 4 is 21.4 Å². The van der Waals surface area contributed by atoms with Gasteiger partial charge in [-0.2, -0.15) is 0 Å². The molecule has 0 aliphatic carbocycles. The number of aryl methyl sites for hydroxylation is 2. The summed E-state index contributed by atoms with van der Waals surface area (Å²) >= 11 is 1.90. The van der Waals surface area contributed by atoms with E-state index in [0.29, 0.717) is 0 Å². The smallest absolute Gasteiger partial charge is 0.0387 e. The number of fused-ring (bicyclic) bond motifs is 1. The lowest BCUT2D eigenvalue weighted by atomic mass is 9.97. The summed E-state index contributed by atoms with van der Waals surface area (Å²) in [6, 6.07) is 34.9. The van der Waals surface area contributed by atoms with Crippen molar-refractivity contribution in [3.63, 3.8) is 0 Å². The van der Waals surface area contributed by atoms with E-state index in [1.165, 1.54) is 53.9 Å². The van der Waals surface area contributed by atoms with Gasteiger partial charge in [-0.05, 0) is 64.2 Å². The van der Waals surface area contributed by atoms with Gasteiger partial charge in [0.2, 0.25) is 0 Å². The quantitative estimate of drug-likeness (QED) is 0.289. The predicted octanol–water partition coefficient (Wildman–Crippen LogP) is 8.52. The molecular formula is C28H22S. The van der Waals surface area contributed by atoms with E-state index in [1.54, 1.807) is 0 Å². The molecule has 140 valence electrons. The third-order valence-corrected chi connectivity index (χ3v) is 6.91. The van der Waals surface area contributed by atoms with E-state index >= 15 is 0 Å². The molecule has 0 fully saturated rings. The first-order valence-corrected chi connectivity index (χ1v) is 10.8. The molecule has 5 aromatic rings. The van der Waals surface area contributed by atoms with Crippen LogP contribution in [0.5, 0.6) is 0 Å². The third-order valence-electron chi connectivity index (χ3n) is 5.62. The summed E-state index contributed by atoms with van der Waals surface area (Å²) in [5.41, 5.74) is 9.13. The van der Waals surface area contributed by atoms with Crippen molar-refractivity contribution in [2.45, 2.75) is 13.8 Å². The molecule has 0 amide bonds. The summed E-state index contributed by atoms with van der Waals surface area (Å²) < 4.78 is 1.35. The lowest BCUT2D eigenvalue weighted by molar-refractivity contribution is 1.45. The van der Waals surface area contributed by atoms with Gasteiger partial charge in [0.1, 0.15) is 0 Å². The Morgan fingerprint density at radius 2 is 1.14 bits per heavy atom. The third kappa shape index (κ3) is 3.28. The summed E-state index contributed by atoms with van der Waals surface area (Å²) in [5.74, 6) is 0. The Hall–Kier alpha value is -3.16. The number of rotatable bonds is 3. The fourth-order valence-electron chi connectivity index (χ4n) is 4.02. The summed E-state index contributed by atoms with van der Waals surface area (Å²) in [5, 5.41) is 1.36. The monoisotopic (exact) mass is 390 g/mol. The first-order valence-electron chi connectivity index (χ1n) is 9.96. The maximum absolute atomic E-state index is 2.33. The average molecular weight is 391 g/mol. The van der Waals surface area contributed by atoms with Crippen LogP contribution in [0.3, 0.4) is 0 Å². The second-order valence-corrected chi connectivity index (χ2v) is 8.58. The van der Waals surface area contributed by atoms with E-state index < -0.39 is 0 Å². The number of benzene rings is 4. The summed E-state index contributed by atoms with van der Waals surface area (Å²) in [4.78, 5) is 1.38. The van der Waals surface area contributed by atoms with Gasteiger partial charge in [-0.3, -0.25) is 0 Å². The van der Waals surface area contributed by atoms with Gasteiger partial charge >= 0.3 is 0 Å². The molecule has 0 radical (unpaired) electrons. The zero-order chi connectivity index (χ0) is 19.8. The second kappa shape index (κ2) is 7.35. The first-order chi connectivity index (χ1) is 14.2. The van der Waals surface area contributed by atoms with Crippen molar-refractivity contribution in [3.05, 3.63) is 108 Å². The van der Waals surface area contributed by atoms with Crippen LogP contribution in [-0.4, -0.2) is 0 Å². The minimum absolute atomic E-state index is 1.27.